The van der Waals surface area contributed by atoms with Gasteiger partial charge in [0.2, 0.25) is 0 Å². The molecule has 0 aliphatic heterocycles. The number of sulfonamides is 1. The first-order valence-corrected chi connectivity index (χ1v) is 9.58. The molecule has 2 heterocycles. The van der Waals surface area contributed by atoms with Crippen LogP contribution in [0.1, 0.15) is 9.67 Å². The Labute approximate surface area is 148 Å². The Balaban J connectivity index is 1.89. The molecule has 1 amide bonds. The molecule has 24 heavy (non-hydrogen) atoms. The van der Waals surface area contributed by atoms with E-state index in [1.54, 1.807) is 12.1 Å². The lowest BCUT2D eigenvalue weighted by molar-refractivity contribution is 0.0949. The highest BCUT2D eigenvalue weighted by Crippen LogP contribution is 2.24. The van der Waals surface area contributed by atoms with Crippen molar-refractivity contribution in [3.63, 3.8) is 0 Å². The highest BCUT2D eigenvalue weighted by molar-refractivity contribution is 9.11. The molecule has 1 aromatic carbocycles. The third-order valence-electron chi connectivity index (χ3n) is 3.07. The molecule has 10 heteroatoms. The van der Waals surface area contributed by atoms with E-state index in [2.05, 4.69) is 26.3 Å². The molecule has 0 radical (unpaired) electrons. The van der Waals surface area contributed by atoms with E-state index in [0.29, 0.717) is 4.88 Å². The average Bonchev–Trinajstić information content (AvgIpc) is 3.00. The number of hydrogen-bond acceptors (Lipinski definition) is 5. The Kier molecular flexibility index (Phi) is 4.63. The van der Waals surface area contributed by atoms with Crippen LogP contribution in [0.3, 0.4) is 0 Å². The molecule has 0 atom stereocenters. The average molecular weight is 430 g/mol. The quantitative estimate of drug-likeness (QED) is 0.624. The van der Waals surface area contributed by atoms with E-state index in [9.17, 15) is 17.6 Å². The van der Waals surface area contributed by atoms with Crippen LogP contribution in [0.25, 0.3) is 10.9 Å². The minimum absolute atomic E-state index is 0.0612. The molecule has 0 bridgehead atoms. The Morgan fingerprint density at radius 3 is 2.71 bits per heavy atom. The lowest BCUT2D eigenvalue weighted by atomic mass is 10.2. The summed E-state index contributed by atoms with van der Waals surface area (Å²) in [4.78, 5) is 17.9. The molecule has 0 spiro atoms. The summed E-state index contributed by atoms with van der Waals surface area (Å²) in [6.45, 7) is 0. The molecule has 2 aromatic heterocycles. The van der Waals surface area contributed by atoms with Crippen LogP contribution in [0.2, 0.25) is 0 Å². The Bertz CT molecular complexity index is 1040. The van der Waals surface area contributed by atoms with Gasteiger partial charge in [0, 0.05) is 11.6 Å². The van der Waals surface area contributed by atoms with Gasteiger partial charge < -0.3 is 0 Å². The van der Waals surface area contributed by atoms with Gasteiger partial charge in [-0.05, 0) is 52.3 Å². The molecule has 0 saturated heterocycles. The van der Waals surface area contributed by atoms with Gasteiger partial charge >= 0.3 is 0 Å². The number of benzene rings is 1. The van der Waals surface area contributed by atoms with Crippen molar-refractivity contribution in [1.29, 1.82) is 0 Å². The number of pyridine rings is 1. The van der Waals surface area contributed by atoms with E-state index >= 15 is 0 Å². The number of halogens is 2. The first kappa shape index (κ1) is 17.0. The fraction of sp³-hybridized carbons (Fsp3) is 0. The van der Waals surface area contributed by atoms with Gasteiger partial charge in [-0.3, -0.25) is 15.2 Å². The van der Waals surface area contributed by atoms with Gasteiger partial charge in [-0.1, -0.05) is 0 Å². The van der Waals surface area contributed by atoms with Gasteiger partial charge in [0.25, 0.3) is 15.9 Å². The van der Waals surface area contributed by atoms with Crippen molar-refractivity contribution in [3.05, 3.63) is 57.1 Å². The van der Waals surface area contributed by atoms with Gasteiger partial charge in [0.05, 0.1) is 13.6 Å². The van der Waals surface area contributed by atoms with E-state index in [4.69, 9.17) is 0 Å². The van der Waals surface area contributed by atoms with Gasteiger partial charge in [0.15, 0.2) is 0 Å². The molecule has 0 aliphatic carbocycles. The number of carbonyl (C=O) groups is 1. The molecular weight excluding hydrogens is 421 g/mol. The van der Waals surface area contributed by atoms with Gasteiger partial charge in [-0.2, -0.15) is 0 Å². The summed E-state index contributed by atoms with van der Waals surface area (Å²) in [5.41, 5.74) is 2.07. The largest absolute Gasteiger partial charge is 0.276 e. The lowest BCUT2D eigenvalue weighted by Gasteiger charge is -2.10. The molecule has 0 fully saturated rings. The van der Waals surface area contributed by atoms with Gasteiger partial charge in [0.1, 0.15) is 11.3 Å². The van der Waals surface area contributed by atoms with Crippen molar-refractivity contribution < 1.29 is 17.6 Å². The van der Waals surface area contributed by atoms with Crippen LogP contribution in [-0.4, -0.2) is 19.3 Å². The Morgan fingerprint density at radius 2 is 2.00 bits per heavy atom. The minimum Gasteiger partial charge on any atom is -0.273 e. The van der Waals surface area contributed by atoms with Crippen LogP contribution in [0, 0.1) is 5.82 Å². The van der Waals surface area contributed by atoms with Crippen molar-refractivity contribution in [2.45, 2.75) is 4.90 Å². The SMILES string of the molecule is O=C(NNS(=O)(=O)c1ccc(F)c2ncccc12)c1ccc(Br)s1. The Hall–Kier alpha value is -1.88. The first-order valence-electron chi connectivity index (χ1n) is 6.49. The van der Waals surface area contributed by atoms with Crippen molar-refractivity contribution in [2.75, 3.05) is 0 Å². The second-order valence-electron chi connectivity index (χ2n) is 4.61. The van der Waals surface area contributed by atoms with E-state index in [-0.39, 0.29) is 15.8 Å². The Morgan fingerprint density at radius 1 is 1.21 bits per heavy atom. The second-order valence-corrected chi connectivity index (χ2v) is 8.72. The summed E-state index contributed by atoms with van der Waals surface area (Å²) in [6, 6.07) is 8.31. The maximum Gasteiger partial charge on any atom is 0.276 e. The number of nitrogens with zero attached hydrogens (tertiary/aromatic N) is 1. The highest BCUT2D eigenvalue weighted by Gasteiger charge is 2.20. The third-order valence-corrected chi connectivity index (χ3v) is 5.99. The van der Waals surface area contributed by atoms with Crippen molar-refractivity contribution in [2.24, 2.45) is 0 Å². The zero-order chi connectivity index (χ0) is 17.3. The van der Waals surface area contributed by atoms with Crippen LogP contribution in [0.5, 0.6) is 0 Å². The molecule has 2 N–H and O–H groups in total. The minimum atomic E-state index is -4.10. The van der Waals surface area contributed by atoms with E-state index in [1.165, 1.54) is 18.3 Å². The molecule has 3 rings (SSSR count). The maximum atomic E-state index is 13.7. The predicted molar refractivity (Wildman–Crippen MR) is 91.5 cm³/mol. The fourth-order valence-corrected chi connectivity index (χ4v) is 4.33. The number of rotatable bonds is 4. The summed E-state index contributed by atoms with van der Waals surface area (Å²) < 4.78 is 39.3. The van der Waals surface area contributed by atoms with Crippen LogP contribution < -0.4 is 10.3 Å². The number of nitrogens with one attached hydrogen (secondary N) is 2. The van der Waals surface area contributed by atoms with Gasteiger partial charge in [-0.15, -0.1) is 16.2 Å². The number of amides is 1. The van der Waals surface area contributed by atoms with Crippen LogP contribution in [0.15, 0.2) is 51.3 Å². The van der Waals surface area contributed by atoms with Crippen LogP contribution in [-0.2, 0) is 10.0 Å². The maximum absolute atomic E-state index is 13.7. The van der Waals surface area contributed by atoms with Gasteiger partial charge in [-0.25, -0.2) is 12.8 Å². The monoisotopic (exact) mass is 429 g/mol. The molecule has 0 unspecified atom stereocenters. The van der Waals surface area contributed by atoms with Crippen molar-refractivity contribution in [1.82, 2.24) is 15.2 Å². The van der Waals surface area contributed by atoms with E-state index in [1.807, 2.05) is 4.83 Å². The summed E-state index contributed by atoms with van der Waals surface area (Å²) in [5, 5.41) is 0.123. The predicted octanol–water partition coefficient (Wildman–Crippen LogP) is 2.82. The summed E-state index contributed by atoms with van der Waals surface area (Å²) in [6.07, 6.45) is 1.37. The molecule has 0 saturated carbocycles. The van der Waals surface area contributed by atoms with Crippen molar-refractivity contribution in [3.8, 4) is 0 Å². The van der Waals surface area contributed by atoms with E-state index in [0.717, 1.165) is 27.3 Å². The number of aromatic nitrogens is 1. The number of hydrogen-bond donors (Lipinski definition) is 2. The lowest BCUT2D eigenvalue weighted by Crippen LogP contribution is -2.41. The number of carbonyl (C=O) groups excluding carboxylic acids is 1. The zero-order valence-corrected chi connectivity index (χ0v) is 15.0. The first-order chi connectivity index (χ1) is 11.4. The number of fused-ring (bicyclic) bond motifs is 1. The normalized spacial score (nSPS) is 11.6. The fourth-order valence-electron chi connectivity index (χ4n) is 2.01. The number of hydrazine groups is 1. The third kappa shape index (κ3) is 3.31. The second kappa shape index (κ2) is 6.55. The zero-order valence-electron chi connectivity index (χ0n) is 11.8. The standard InChI is InChI=1S/C14H9BrFN3O3S2/c15-12-6-4-10(23-12)14(20)18-19-24(21,22)11-5-3-9(16)13-8(11)2-1-7-17-13/h1-7,19H,(H,18,20). The highest BCUT2D eigenvalue weighted by atomic mass is 79.9. The summed E-state index contributed by atoms with van der Waals surface area (Å²) in [7, 11) is -4.10. The van der Waals surface area contributed by atoms with Crippen LogP contribution >= 0.6 is 27.3 Å². The molecule has 124 valence electrons. The van der Waals surface area contributed by atoms with Crippen molar-refractivity contribution >= 4 is 54.1 Å². The number of thiophene rings is 1. The molecule has 0 aliphatic rings. The van der Waals surface area contributed by atoms with E-state index < -0.39 is 21.7 Å². The topological polar surface area (TPSA) is 88.2 Å². The smallest absolute Gasteiger partial charge is 0.273 e. The molecule has 6 nitrogen and oxygen atoms in total. The molecule has 3 aromatic rings. The summed E-state index contributed by atoms with van der Waals surface area (Å²) >= 11 is 4.38. The van der Waals surface area contributed by atoms with Crippen LogP contribution in [0.4, 0.5) is 4.39 Å². The molecular formula is C14H9BrFN3O3S2. The summed E-state index contributed by atoms with van der Waals surface area (Å²) in [5.74, 6) is -1.23.